The number of benzene rings is 4. The molecule has 7 aromatic rings. The van der Waals surface area contributed by atoms with Gasteiger partial charge in [0.15, 0.2) is 0 Å². The van der Waals surface area contributed by atoms with Crippen LogP contribution in [0.25, 0.3) is 21.9 Å². The van der Waals surface area contributed by atoms with E-state index >= 15 is 0 Å². The summed E-state index contributed by atoms with van der Waals surface area (Å²) in [6, 6.07) is 19.3. The number of fused-ring (bicyclic) bond motifs is 2. The molecule has 0 unspecified atom stereocenters. The highest BCUT2D eigenvalue weighted by molar-refractivity contribution is 7.11. The van der Waals surface area contributed by atoms with Crippen molar-refractivity contribution in [2.45, 2.75) is 26.7 Å². The van der Waals surface area contributed by atoms with E-state index in [1.165, 1.54) is 35.6 Å². The summed E-state index contributed by atoms with van der Waals surface area (Å²) in [6.07, 6.45) is 1.85. The fourth-order valence-electron chi connectivity index (χ4n) is 5.44. The van der Waals surface area contributed by atoms with Gasteiger partial charge in [0, 0.05) is 58.5 Å². The Labute approximate surface area is 281 Å². The molecular formula is C37H29F2N3O6S. The van der Waals surface area contributed by atoms with Crippen LogP contribution in [0.3, 0.4) is 0 Å². The highest BCUT2D eigenvalue weighted by Gasteiger charge is 2.17. The molecule has 9 nitrogen and oxygen atoms in total. The van der Waals surface area contributed by atoms with Gasteiger partial charge in [0.25, 0.3) is 5.19 Å². The molecular weight excluding hydrogens is 652 g/mol. The van der Waals surface area contributed by atoms with Crippen LogP contribution in [0.1, 0.15) is 33.4 Å². The second-order valence-corrected chi connectivity index (χ2v) is 12.1. The van der Waals surface area contributed by atoms with Gasteiger partial charge < -0.3 is 30.1 Å². The maximum absolute atomic E-state index is 14.2. The lowest BCUT2D eigenvalue weighted by Crippen LogP contribution is -2.12. The third kappa shape index (κ3) is 6.85. The van der Waals surface area contributed by atoms with Crippen molar-refractivity contribution in [2.24, 2.45) is 0 Å². The highest BCUT2D eigenvalue weighted by atomic mass is 32.1. The Bertz CT molecular complexity index is 2460. The van der Waals surface area contributed by atoms with Gasteiger partial charge in [0.1, 0.15) is 34.3 Å². The summed E-state index contributed by atoms with van der Waals surface area (Å²) in [5, 5.41) is 13.2. The number of phenolic OH excluding ortho intramolecular Hbond substituents is 1. The summed E-state index contributed by atoms with van der Waals surface area (Å²) in [4.78, 5) is 28.7. The molecule has 5 N–H and O–H groups in total. The van der Waals surface area contributed by atoms with Crippen molar-refractivity contribution in [3.8, 4) is 16.7 Å². The van der Waals surface area contributed by atoms with E-state index in [2.05, 4.69) is 4.98 Å². The Morgan fingerprint density at radius 2 is 1.31 bits per heavy atom. The number of phenols is 1. The number of nitrogens with two attached hydrogens (primary N) is 2. The van der Waals surface area contributed by atoms with Gasteiger partial charge in [-0.2, -0.15) is 0 Å². The number of ether oxygens (including phenoxy) is 1. The molecule has 3 heterocycles. The molecule has 0 saturated carbocycles. The van der Waals surface area contributed by atoms with Gasteiger partial charge in [-0.1, -0.05) is 35.6 Å². The molecule has 0 bridgehead atoms. The number of aromatic nitrogens is 1. The Balaban J connectivity index is 0.000000174. The number of anilines is 2. The summed E-state index contributed by atoms with van der Waals surface area (Å²) in [5.74, 6) is -0.491. The van der Waals surface area contributed by atoms with Crippen molar-refractivity contribution >= 4 is 44.7 Å². The number of aromatic hydroxyl groups is 1. The molecule has 0 atom stereocenters. The normalized spacial score (nSPS) is 11.0. The van der Waals surface area contributed by atoms with E-state index in [1.807, 2.05) is 18.4 Å². The first-order chi connectivity index (χ1) is 23.5. The van der Waals surface area contributed by atoms with Gasteiger partial charge in [-0.15, -0.1) is 0 Å². The zero-order valence-corrected chi connectivity index (χ0v) is 27.1. The topological polar surface area (TPSA) is 155 Å². The van der Waals surface area contributed by atoms with E-state index in [-0.39, 0.29) is 30.0 Å². The van der Waals surface area contributed by atoms with E-state index in [1.54, 1.807) is 55.6 Å². The number of hydrogen-bond donors (Lipinski definition) is 3. The van der Waals surface area contributed by atoms with Crippen molar-refractivity contribution in [1.29, 1.82) is 0 Å². The van der Waals surface area contributed by atoms with Crippen molar-refractivity contribution in [3.05, 3.63) is 150 Å². The number of nitrogens with zero attached hydrogens (tertiary/aromatic N) is 1. The standard InChI is InChI=1S/C20H15FN2O3S.C17H14FNO3/c1-11-14-6-5-13(25-20-23-7-8-27-20)10-17(14)26-19(24)15(11)9-12-3-2-4-16(22)18(12)21;1-9-12-6-5-11(20)8-15(12)22-17(21)13(9)7-10-3-2-4-14(19)16(10)18/h2-8,10H,9,22H2,1H3;2-6,8,20H,7,19H2,1H3. The molecule has 0 aliphatic rings. The average Bonchev–Trinajstić information content (AvgIpc) is 3.58. The van der Waals surface area contributed by atoms with E-state index in [9.17, 15) is 23.5 Å². The Kier molecular flexibility index (Phi) is 9.14. The number of thiazole rings is 1. The molecule has 0 spiro atoms. The van der Waals surface area contributed by atoms with Crippen molar-refractivity contribution < 1.29 is 27.5 Å². The molecule has 12 heteroatoms. The van der Waals surface area contributed by atoms with Crippen LogP contribution in [0, 0.1) is 25.5 Å². The SMILES string of the molecule is Cc1c(Cc2cccc(N)c2F)c(=O)oc2cc(O)ccc12.Cc1c(Cc2cccc(N)c2F)c(=O)oc2cc(Oc3nccs3)ccc12. The third-order valence-corrected chi connectivity index (χ3v) is 8.74. The molecule has 7 rings (SSSR count). The predicted octanol–water partition coefficient (Wildman–Crippen LogP) is 7.78. The average molecular weight is 682 g/mol. The highest BCUT2D eigenvalue weighted by Crippen LogP contribution is 2.30. The molecule has 0 saturated heterocycles. The number of aryl methyl sites for hydroxylation is 2. The molecule has 0 aliphatic carbocycles. The van der Waals surface area contributed by atoms with Crippen LogP contribution in [0.15, 0.2) is 103 Å². The zero-order valence-electron chi connectivity index (χ0n) is 26.3. The summed E-state index contributed by atoms with van der Waals surface area (Å²) in [5.41, 5.74) is 13.9. The number of nitrogen functional groups attached to an aromatic ring is 2. The summed E-state index contributed by atoms with van der Waals surface area (Å²) >= 11 is 1.36. The second kappa shape index (κ2) is 13.6. The lowest BCUT2D eigenvalue weighted by atomic mass is 9.99. The van der Waals surface area contributed by atoms with Gasteiger partial charge in [-0.25, -0.2) is 23.4 Å². The molecule has 0 radical (unpaired) electrons. The number of rotatable bonds is 6. The minimum Gasteiger partial charge on any atom is -0.508 e. The van der Waals surface area contributed by atoms with Crippen molar-refractivity contribution in [1.82, 2.24) is 4.98 Å². The molecule has 0 aliphatic heterocycles. The maximum atomic E-state index is 14.2. The fraction of sp³-hybridized carbons (Fsp3) is 0.108. The van der Waals surface area contributed by atoms with E-state index < -0.39 is 22.9 Å². The lowest BCUT2D eigenvalue weighted by Gasteiger charge is -2.10. The van der Waals surface area contributed by atoms with Crippen LogP contribution in [-0.4, -0.2) is 10.1 Å². The molecule has 49 heavy (non-hydrogen) atoms. The monoisotopic (exact) mass is 681 g/mol. The van der Waals surface area contributed by atoms with Gasteiger partial charge in [0.2, 0.25) is 0 Å². The summed E-state index contributed by atoms with van der Waals surface area (Å²) < 4.78 is 44.6. The number of hydrogen-bond acceptors (Lipinski definition) is 10. The second-order valence-electron chi connectivity index (χ2n) is 11.2. The first-order valence-electron chi connectivity index (χ1n) is 14.9. The molecule has 248 valence electrons. The van der Waals surface area contributed by atoms with Crippen LogP contribution in [0.4, 0.5) is 20.2 Å². The van der Waals surface area contributed by atoms with Gasteiger partial charge in [-0.3, -0.25) is 0 Å². The molecule has 3 aromatic heterocycles. The minimum atomic E-state index is -0.544. The van der Waals surface area contributed by atoms with Crippen molar-refractivity contribution in [2.75, 3.05) is 11.5 Å². The first kappa shape index (κ1) is 32.9. The van der Waals surface area contributed by atoms with E-state index in [4.69, 9.17) is 25.0 Å². The number of halogens is 2. The van der Waals surface area contributed by atoms with E-state index in [0.29, 0.717) is 55.3 Å². The molecule has 0 amide bonds. The largest absolute Gasteiger partial charge is 0.508 e. The van der Waals surface area contributed by atoms with Crippen LogP contribution in [0.5, 0.6) is 16.7 Å². The van der Waals surface area contributed by atoms with E-state index in [0.717, 1.165) is 10.9 Å². The lowest BCUT2D eigenvalue weighted by molar-refractivity contribution is 0.472. The quantitative estimate of drug-likeness (QED) is 0.118. The van der Waals surface area contributed by atoms with Gasteiger partial charge in [0.05, 0.1) is 11.4 Å². The summed E-state index contributed by atoms with van der Waals surface area (Å²) in [7, 11) is 0. The third-order valence-electron chi connectivity index (χ3n) is 8.10. The predicted molar refractivity (Wildman–Crippen MR) is 186 cm³/mol. The summed E-state index contributed by atoms with van der Waals surface area (Å²) in [6.45, 7) is 3.59. The Morgan fingerprint density at radius 1 is 0.776 bits per heavy atom. The maximum Gasteiger partial charge on any atom is 0.340 e. The molecule has 0 fully saturated rings. The first-order valence-corrected chi connectivity index (χ1v) is 15.8. The van der Waals surface area contributed by atoms with Crippen LogP contribution < -0.4 is 27.5 Å². The van der Waals surface area contributed by atoms with Gasteiger partial charge in [-0.05, 0) is 72.5 Å². The fourth-order valence-corrected chi connectivity index (χ4v) is 5.95. The van der Waals surface area contributed by atoms with Crippen LogP contribution in [0.2, 0.25) is 0 Å². The van der Waals surface area contributed by atoms with Crippen LogP contribution in [-0.2, 0) is 12.8 Å². The Hall–Kier alpha value is -6.01. The van der Waals surface area contributed by atoms with Crippen LogP contribution >= 0.6 is 11.3 Å². The molecule has 4 aromatic carbocycles. The zero-order chi connectivity index (χ0) is 34.8. The van der Waals surface area contributed by atoms with Crippen molar-refractivity contribution in [3.63, 3.8) is 0 Å². The minimum absolute atomic E-state index is 0.0182. The van der Waals surface area contributed by atoms with Gasteiger partial charge >= 0.3 is 11.3 Å². The smallest absolute Gasteiger partial charge is 0.340 e. The Morgan fingerprint density at radius 3 is 1.84 bits per heavy atom.